The Bertz CT molecular complexity index is 590. The Morgan fingerprint density at radius 2 is 1.79 bits per heavy atom. The van der Waals surface area contributed by atoms with Crippen molar-refractivity contribution in [3.63, 3.8) is 0 Å². The van der Waals surface area contributed by atoms with Crippen LogP contribution in [0.5, 0.6) is 0 Å². The summed E-state index contributed by atoms with van der Waals surface area (Å²) in [5.41, 5.74) is 2.44. The zero-order valence-electron chi connectivity index (χ0n) is 10.6. The van der Waals surface area contributed by atoms with Crippen molar-refractivity contribution in [1.29, 1.82) is 0 Å². The number of Topliss-reactive ketones (excluding diaryl/α,β-unsaturated/α-hetero) is 1. The van der Waals surface area contributed by atoms with E-state index in [1.807, 2.05) is 31.2 Å². The lowest BCUT2D eigenvalue weighted by molar-refractivity contribution is -0.117. The molecule has 19 heavy (non-hydrogen) atoms. The highest BCUT2D eigenvalue weighted by atomic mass is 35.5. The van der Waals surface area contributed by atoms with Gasteiger partial charge >= 0.3 is 0 Å². The lowest BCUT2D eigenvalue weighted by Crippen LogP contribution is -2.08. The fraction of sp³-hybridized carbons (Fsp3) is 0.188. The van der Waals surface area contributed by atoms with Gasteiger partial charge in [0, 0.05) is 17.9 Å². The van der Waals surface area contributed by atoms with Crippen LogP contribution >= 0.6 is 11.6 Å². The summed E-state index contributed by atoms with van der Waals surface area (Å²) in [5, 5.41) is 0.444. The number of ketones is 1. The molecule has 2 aromatic rings. The van der Waals surface area contributed by atoms with Crippen LogP contribution in [0.4, 0.5) is 4.39 Å². The van der Waals surface area contributed by atoms with E-state index in [2.05, 4.69) is 0 Å². The first kappa shape index (κ1) is 13.8. The molecule has 0 fully saturated rings. The van der Waals surface area contributed by atoms with Crippen molar-refractivity contribution >= 4 is 17.4 Å². The highest BCUT2D eigenvalue weighted by Crippen LogP contribution is 2.16. The normalized spacial score (nSPS) is 10.5. The summed E-state index contributed by atoms with van der Waals surface area (Å²) < 4.78 is 13.5. The van der Waals surface area contributed by atoms with Crippen LogP contribution in [0.3, 0.4) is 0 Å². The Morgan fingerprint density at radius 1 is 1.11 bits per heavy atom. The number of aryl methyl sites for hydroxylation is 1. The fourth-order valence-electron chi connectivity index (χ4n) is 1.89. The number of hydrogen-bond acceptors (Lipinski definition) is 1. The van der Waals surface area contributed by atoms with E-state index >= 15 is 0 Å². The van der Waals surface area contributed by atoms with Crippen LogP contribution in [0.1, 0.15) is 16.7 Å². The van der Waals surface area contributed by atoms with Gasteiger partial charge in [0.2, 0.25) is 0 Å². The molecule has 0 spiro atoms. The molecule has 0 aliphatic rings. The molecule has 0 bridgehead atoms. The topological polar surface area (TPSA) is 17.1 Å². The Balaban J connectivity index is 2.05. The standard InChI is InChI=1S/C16H14ClFO/c1-11-2-4-12(5-3-11)8-15(19)10-13-9-14(17)6-7-16(13)18/h2-7,9H,8,10H2,1H3. The van der Waals surface area contributed by atoms with Crippen LogP contribution in [0, 0.1) is 12.7 Å². The van der Waals surface area contributed by atoms with Gasteiger partial charge in [-0.3, -0.25) is 4.79 Å². The summed E-state index contributed by atoms with van der Waals surface area (Å²) in [6.07, 6.45) is 0.381. The summed E-state index contributed by atoms with van der Waals surface area (Å²) in [6.45, 7) is 1.99. The van der Waals surface area contributed by atoms with Crippen LogP contribution in [0.2, 0.25) is 5.02 Å². The summed E-state index contributed by atoms with van der Waals surface area (Å²) >= 11 is 5.80. The maximum absolute atomic E-state index is 13.5. The van der Waals surface area contributed by atoms with E-state index in [0.717, 1.165) is 11.1 Å². The van der Waals surface area contributed by atoms with Crippen LogP contribution < -0.4 is 0 Å². The fourth-order valence-corrected chi connectivity index (χ4v) is 2.08. The Kier molecular flexibility index (Phi) is 4.33. The maximum Gasteiger partial charge on any atom is 0.141 e. The van der Waals surface area contributed by atoms with Gasteiger partial charge < -0.3 is 0 Å². The third-order valence-corrected chi connectivity index (χ3v) is 3.15. The quantitative estimate of drug-likeness (QED) is 0.820. The molecule has 98 valence electrons. The largest absolute Gasteiger partial charge is 0.299 e. The third-order valence-electron chi connectivity index (χ3n) is 2.92. The molecule has 0 radical (unpaired) electrons. The Morgan fingerprint density at radius 3 is 2.47 bits per heavy atom. The summed E-state index contributed by atoms with van der Waals surface area (Å²) in [7, 11) is 0. The number of rotatable bonds is 4. The molecule has 0 aliphatic heterocycles. The van der Waals surface area contributed by atoms with Crippen molar-refractivity contribution < 1.29 is 9.18 Å². The van der Waals surface area contributed by atoms with E-state index in [0.29, 0.717) is 17.0 Å². The second-order valence-corrected chi connectivity index (χ2v) is 5.05. The van der Waals surface area contributed by atoms with Gasteiger partial charge in [0.25, 0.3) is 0 Å². The van der Waals surface area contributed by atoms with Gasteiger partial charge in [-0.1, -0.05) is 41.4 Å². The number of benzene rings is 2. The molecule has 0 amide bonds. The van der Waals surface area contributed by atoms with Gasteiger partial charge in [0.1, 0.15) is 11.6 Å². The van der Waals surface area contributed by atoms with Gasteiger partial charge in [-0.05, 0) is 36.2 Å². The van der Waals surface area contributed by atoms with Crippen LogP contribution in [-0.4, -0.2) is 5.78 Å². The molecule has 0 aromatic heterocycles. The van der Waals surface area contributed by atoms with Crippen molar-refractivity contribution in [2.45, 2.75) is 19.8 Å². The molecule has 0 saturated carbocycles. The summed E-state index contributed by atoms with van der Waals surface area (Å²) in [4.78, 5) is 11.9. The minimum absolute atomic E-state index is 0.0231. The molecular formula is C16H14ClFO. The van der Waals surface area contributed by atoms with Gasteiger partial charge in [-0.25, -0.2) is 4.39 Å². The van der Waals surface area contributed by atoms with Gasteiger partial charge in [-0.2, -0.15) is 0 Å². The van der Waals surface area contributed by atoms with E-state index < -0.39 is 0 Å². The van der Waals surface area contributed by atoms with Crippen LogP contribution in [0.15, 0.2) is 42.5 Å². The van der Waals surface area contributed by atoms with E-state index in [4.69, 9.17) is 11.6 Å². The molecule has 1 nitrogen and oxygen atoms in total. The number of carbonyl (C=O) groups is 1. The summed E-state index contributed by atoms with van der Waals surface area (Å²) in [6, 6.07) is 12.0. The van der Waals surface area contributed by atoms with E-state index in [1.165, 1.54) is 18.2 Å². The minimum atomic E-state index is -0.387. The molecule has 2 aromatic carbocycles. The van der Waals surface area contributed by atoms with Crippen molar-refractivity contribution in [2.24, 2.45) is 0 Å². The Labute approximate surface area is 117 Å². The summed E-state index contributed by atoms with van der Waals surface area (Å²) in [5.74, 6) is -0.410. The third kappa shape index (κ3) is 3.90. The molecule has 2 rings (SSSR count). The first-order chi connectivity index (χ1) is 9.04. The van der Waals surface area contributed by atoms with Crippen molar-refractivity contribution in [1.82, 2.24) is 0 Å². The first-order valence-electron chi connectivity index (χ1n) is 6.06. The highest BCUT2D eigenvalue weighted by Gasteiger charge is 2.09. The average molecular weight is 277 g/mol. The number of carbonyl (C=O) groups excluding carboxylic acids is 1. The average Bonchev–Trinajstić information content (AvgIpc) is 2.37. The molecule has 0 N–H and O–H groups in total. The highest BCUT2D eigenvalue weighted by molar-refractivity contribution is 6.30. The molecule has 3 heteroatoms. The van der Waals surface area contributed by atoms with Crippen LogP contribution in [-0.2, 0) is 17.6 Å². The zero-order chi connectivity index (χ0) is 13.8. The lowest BCUT2D eigenvalue weighted by atomic mass is 10.0. The van der Waals surface area contributed by atoms with E-state index in [1.54, 1.807) is 0 Å². The van der Waals surface area contributed by atoms with Gasteiger partial charge in [0.15, 0.2) is 0 Å². The smallest absolute Gasteiger partial charge is 0.141 e. The molecule has 0 unspecified atom stereocenters. The molecule has 0 aliphatic carbocycles. The van der Waals surface area contributed by atoms with Crippen molar-refractivity contribution in [3.05, 3.63) is 70.0 Å². The zero-order valence-corrected chi connectivity index (χ0v) is 11.4. The monoisotopic (exact) mass is 276 g/mol. The van der Waals surface area contributed by atoms with Crippen molar-refractivity contribution in [3.8, 4) is 0 Å². The van der Waals surface area contributed by atoms with Crippen molar-refractivity contribution in [2.75, 3.05) is 0 Å². The van der Waals surface area contributed by atoms with E-state index in [-0.39, 0.29) is 18.0 Å². The Hall–Kier alpha value is -1.67. The molecular weight excluding hydrogens is 263 g/mol. The second kappa shape index (κ2) is 5.98. The maximum atomic E-state index is 13.5. The number of halogens is 2. The minimum Gasteiger partial charge on any atom is -0.299 e. The predicted molar refractivity (Wildman–Crippen MR) is 75.0 cm³/mol. The SMILES string of the molecule is Cc1ccc(CC(=O)Cc2cc(Cl)ccc2F)cc1. The van der Waals surface area contributed by atoms with Gasteiger partial charge in [0.05, 0.1) is 0 Å². The van der Waals surface area contributed by atoms with Crippen LogP contribution in [0.25, 0.3) is 0 Å². The van der Waals surface area contributed by atoms with E-state index in [9.17, 15) is 9.18 Å². The lowest BCUT2D eigenvalue weighted by Gasteiger charge is -2.04. The molecule has 0 atom stereocenters. The molecule has 0 saturated heterocycles. The van der Waals surface area contributed by atoms with Gasteiger partial charge in [-0.15, -0.1) is 0 Å². The number of hydrogen-bond donors (Lipinski definition) is 0. The second-order valence-electron chi connectivity index (χ2n) is 4.61. The predicted octanol–water partition coefficient (Wildman–Crippen LogP) is 4.14. The molecule has 0 heterocycles. The first-order valence-corrected chi connectivity index (χ1v) is 6.43.